The lowest BCUT2D eigenvalue weighted by atomic mass is 10.0. The first-order chi connectivity index (χ1) is 26.9. The summed E-state index contributed by atoms with van der Waals surface area (Å²) in [4.78, 5) is 36.4. The first-order valence-electron chi connectivity index (χ1n) is 22.6. The lowest BCUT2D eigenvalue weighted by molar-refractivity contribution is -0.150. The summed E-state index contributed by atoms with van der Waals surface area (Å²) in [5, 5.41) is 11.9. The van der Waals surface area contributed by atoms with Crippen molar-refractivity contribution in [3.63, 3.8) is 0 Å². The minimum absolute atomic E-state index is 0.0318. The molecule has 0 aliphatic carbocycles. The Hall–Kier alpha value is -2.93. The largest absolute Gasteiger partial charge is 0.480 e. The van der Waals surface area contributed by atoms with Gasteiger partial charge in [-0.25, -0.2) is 4.79 Å². The number of unbranched alkanes of at least 4 members (excludes halogenated alkanes) is 16. The molecule has 316 valence electrons. The molecule has 0 aliphatic rings. The molecule has 0 spiro atoms. The molecule has 0 saturated carbocycles. The summed E-state index contributed by atoms with van der Waals surface area (Å²) in [6, 6.07) is -0.864. The van der Waals surface area contributed by atoms with Crippen molar-refractivity contribution in [2.75, 3.05) is 6.54 Å². The molecule has 0 bridgehead atoms. The molecule has 0 heterocycles. The molecule has 55 heavy (non-hydrogen) atoms. The van der Waals surface area contributed by atoms with Gasteiger partial charge in [0.15, 0.2) is 0 Å². The van der Waals surface area contributed by atoms with Crippen LogP contribution in [-0.4, -0.2) is 41.6 Å². The van der Waals surface area contributed by atoms with Crippen LogP contribution in [-0.2, 0) is 19.1 Å². The fraction of sp³-hybridized carbons (Fsp3) is 0.729. The van der Waals surface area contributed by atoms with Crippen molar-refractivity contribution in [2.24, 2.45) is 5.73 Å². The Bertz CT molecular complexity index is 1050. The molecule has 1 amide bonds. The van der Waals surface area contributed by atoms with E-state index in [4.69, 9.17) is 10.5 Å². The summed E-state index contributed by atoms with van der Waals surface area (Å²) >= 11 is 0. The third-order valence-corrected chi connectivity index (χ3v) is 9.82. The van der Waals surface area contributed by atoms with Crippen molar-refractivity contribution < 1.29 is 24.2 Å². The molecule has 0 aromatic heterocycles. The Morgan fingerprint density at radius 2 is 1.00 bits per heavy atom. The zero-order chi connectivity index (χ0) is 40.3. The average molecular weight is 769 g/mol. The molecular formula is C48H84N2O5. The standard InChI is InChI=1S/C48H84N2O5/c1-3-5-7-9-11-13-15-17-19-20-22-24-26-29-33-38-44(39-34-30-28-31-35-41-46(51)50-45(48(53)54)40-37-43-49)55-47(52)42-36-32-27-25-23-21-18-16-14-12-10-8-6-4-2/h5,7,11,13,16-19,22,24,44-45H,3-4,6,8-10,12,14-15,20-21,23,25-43,49H2,1-2H3,(H,50,51)(H,53,54)/b7-5-,13-11-,18-16-,19-17-,24-22-. The second-order valence-electron chi connectivity index (χ2n) is 15.1. The first-order valence-corrected chi connectivity index (χ1v) is 22.6. The zero-order valence-corrected chi connectivity index (χ0v) is 35.5. The number of amides is 1. The Kier molecular flexibility index (Phi) is 40.0. The molecule has 0 aliphatic heterocycles. The van der Waals surface area contributed by atoms with E-state index in [-0.39, 0.29) is 18.0 Å². The van der Waals surface area contributed by atoms with Gasteiger partial charge in [-0.2, -0.15) is 0 Å². The number of nitrogens with two attached hydrogens (primary N) is 1. The van der Waals surface area contributed by atoms with Crippen molar-refractivity contribution in [2.45, 2.75) is 219 Å². The summed E-state index contributed by atoms with van der Waals surface area (Å²) < 4.78 is 6.03. The monoisotopic (exact) mass is 769 g/mol. The van der Waals surface area contributed by atoms with E-state index in [0.717, 1.165) is 103 Å². The van der Waals surface area contributed by atoms with E-state index in [9.17, 15) is 19.5 Å². The predicted molar refractivity (Wildman–Crippen MR) is 234 cm³/mol. The number of rotatable bonds is 40. The van der Waals surface area contributed by atoms with Crippen molar-refractivity contribution >= 4 is 17.8 Å². The van der Waals surface area contributed by atoms with Crippen molar-refractivity contribution in [3.05, 3.63) is 60.8 Å². The summed E-state index contributed by atoms with van der Waals surface area (Å²) in [5.74, 6) is -1.27. The van der Waals surface area contributed by atoms with Crippen LogP contribution >= 0.6 is 0 Å². The van der Waals surface area contributed by atoms with E-state index in [1.54, 1.807) is 0 Å². The van der Waals surface area contributed by atoms with Crippen molar-refractivity contribution in [3.8, 4) is 0 Å². The number of ether oxygens (including phenoxy) is 1. The number of carbonyl (C=O) groups is 3. The molecule has 0 saturated heterocycles. The molecule has 0 rings (SSSR count). The quantitative estimate of drug-likeness (QED) is 0.0324. The molecule has 4 N–H and O–H groups in total. The van der Waals surface area contributed by atoms with Gasteiger partial charge in [-0.15, -0.1) is 0 Å². The van der Waals surface area contributed by atoms with Crippen LogP contribution in [0.2, 0.25) is 0 Å². The molecular weight excluding hydrogens is 685 g/mol. The number of nitrogens with one attached hydrogen (secondary N) is 1. The third kappa shape index (κ3) is 39.1. The predicted octanol–water partition coefficient (Wildman–Crippen LogP) is 13.0. The van der Waals surface area contributed by atoms with Gasteiger partial charge in [0.1, 0.15) is 12.1 Å². The minimum Gasteiger partial charge on any atom is -0.480 e. The maximum Gasteiger partial charge on any atom is 0.326 e. The normalized spacial score (nSPS) is 13.2. The lowest BCUT2D eigenvalue weighted by Gasteiger charge is -2.18. The van der Waals surface area contributed by atoms with E-state index < -0.39 is 12.0 Å². The molecule has 0 fully saturated rings. The highest BCUT2D eigenvalue weighted by Crippen LogP contribution is 2.18. The van der Waals surface area contributed by atoms with Gasteiger partial charge in [-0.3, -0.25) is 9.59 Å². The molecule has 7 heteroatoms. The van der Waals surface area contributed by atoms with Crippen LogP contribution in [0.5, 0.6) is 0 Å². The number of hydrogen-bond donors (Lipinski definition) is 3. The van der Waals surface area contributed by atoms with Gasteiger partial charge in [0.2, 0.25) is 5.91 Å². The van der Waals surface area contributed by atoms with Gasteiger partial charge in [0, 0.05) is 12.8 Å². The highest BCUT2D eigenvalue weighted by molar-refractivity contribution is 5.83. The van der Waals surface area contributed by atoms with Gasteiger partial charge in [0.05, 0.1) is 0 Å². The summed E-state index contributed by atoms with van der Waals surface area (Å²) in [5.41, 5.74) is 5.49. The number of hydrogen-bond acceptors (Lipinski definition) is 5. The molecule has 0 aromatic carbocycles. The Labute approximate surface area is 338 Å². The van der Waals surface area contributed by atoms with Crippen molar-refractivity contribution in [1.82, 2.24) is 5.32 Å². The van der Waals surface area contributed by atoms with Crippen LogP contribution in [0, 0.1) is 0 Å². The van der Waals surface area contributed by atoms with E-state index in [1.807, 2.05) is 0 Å². The lowest BCUT2D eigenvalue weighted by Crippen LogP contribution is -2.40. The summed E-state index contributed by atoms with van der Waals surface area (Å²) in [7, 11) is 0. The Morgan fingerprint density at radius 1 is 0.545 bits per heavy atom. The fourth-order valence-electron chi connectivity index (χ4n) is 6.44. The number of carboxylic acid groups (broad SMARTS) is 1. The second-order valence-corrected chi connectivity index (χ2v) is 15.1. The smallest absolute Gasteiger partial charge is 0.326 e. The van der Waals surface area contributed by atoms with Gasteiger partial charge in [-0.05, 0) is 122 Å². The number of carboxylic acids is 1. The topological polar surface area (TPSA) is 119 Å². The number of esters is 1. The maximum absolute atomic E-state index is 12.8. The summed E-state index contributed by atoms with van der Waals surface area (Å²) in [6.07, 6.45) is 52.6. The summed E-state index contributed by atoms with van der Waals surface area (Å²) in [6.45, 7) is 4.82. The first kappa shape index (κ1) is 52.1. The number of aliphatic carboxylic acids is 1. The van der Waals surface area contributed by atoms with E-state index >= 15 is 0 Å². The Balaban J connectivity index is 4.45. The highest BCUT2D eigenvalue weighted by atomic mass is 16.5. The van der Waals surface area contributed by atoms with E-state index in [2.05, 4.69) is 79.9 Å². The Morgan fingerprint density at radius 3 is 1.56 bits per heavy atom. The fourth-order valence-corrected chi connectivity index (χ4v) is 6.44. The second kappa shape index (κ2) is 42.2. The minimum atomic E-state index is -1.01. The van der Waals surface area contributed by atoms with E-state index in [1.165, 1.54) is 64.2 Å². The number of allylic oxidation sites excluding steroid dienone is 10. The third-order valence-electron chi connectivity index (χ3n) is 9.82. The van der Waals surface area contributed by atoms with Crippen LogP contribution < -0.4 is 11.1 Å². The molecule has 0 aromatic rings. The molecule has 2 atom stereocenters. The van der Waals surface area contributed by atoms with Gasteiger partial charge in [0.25, 0.3) is 0 Å². The van der Waals surface area contributed by atoms with Gasteiger partial charge in [-0.1, -0.05) is 139 Å². The SMILES string of the molecule is CC/C=C\C/C=C\C/C=C\C/C=C\CCCCC(CCCCCCCC(=O)NC(CCCN)C(=O)O)OC(=O)CCCCCCC/C=C\CCCCCCC. The van der Waals surface area contributed by atoms with Crippen LogP contribution in [0.3, 0.4) is 0 Å². The van der Waals surface area contributed by atoms with Crippen molar-refractivity contribution in [1.29, 1.82) is 0 Å². The highest BCUT2D eigenvalue weighted by Gasteiger charge is 2.19. The van der Waals surface area contributed by atoms with Crippen LogP contribution in [0.4, 0.5) is 0 Å². The van der Waals surface area contributed by atoms with Crippen LogP contribution in [0.25, 0.3) is 0 Å². The molecule has 0 radical (unpaired) electrons. The van der Waals surface area contributed by atoms with Gasteiger partial charge < -0.3 is 20.9 Å². The molecule has 2 unspecified atom stereocenters. The molecule has 7 nitrogen and oxygen atoms in total. The van der Waals surface area contributed by atoms with Crippen LogP contribution in [0.1, 0.15) is 206 Å². The van der Waals surface area contributed by atoms with Crippen LogP contribution in [0.15, 0.2) is 60.8 Å². The van der Waals surface area contributed by atoms with E-state index in [0.29, 0.717) is 32.2 Å². The zero-order valence-electron chi connectivity index (χ0n) is 35.5. The van der Waals surface area contributed by atoms with Gasteiger partial charge >= 0.3 is 11.9 Å². The number of carbonyl (C=O) groups excluding carboxylic acids is 2. The maximum atomic E-state index is 12.8. The average Bonchev–Trinajstić information content (AvgIpc) is 3.17.